The van der Waals surface area contributed by atoms with Gasteiger partial charge in [0.25, 0.3) is 0 Å². The van der Waals surface area contributed by atoms with Gasteiger partial charge in [0.1, 0.15) is 0 Å². The van der Waals surface area contributed by atoms with Gasteiger partial charge in [-0.05, 0) is 13.0 Å². The molecule has 0 rings (SSSR count). The average molecular weight is 194 g/mol. The zero-order valence-electron chi connectivity index (χ0n) is 6.52. The van der Waals surface area contributed by atoms with E-state index in [4.69, 9.17) is 0 Å². The summed E-state index contributed by atoms with van der Waals surface area (Å²) in [7, 11) is 2.15. The summed E-state index contributed by atoms with van der Waals surface area (Å²) in [6.45, 7) is 6.83. The largest absolute Gasteiger partial charge is 0.305 e. The summed E-state index contributed by atoms with van der Waals surface area (Å²) in [6.07, 6.45) is 0. The molecule has 0 saturated heterocycles. The van der Waals surface area contributed by atoms with Crippen molar-refractivity contribution >= 4 is 15.9 Å². The molecular formula is C7H16BrN. The Labute approximate surface area is 66.6 Å². The minimum Gasteiger partial charge on any atom is -0.305 e. The van der Waals surface area contributed by atoms with Crippen LogP contribution in [0.3, 0.4) is 0 Å². The van der Waals surface area contributed by atoms with E-state index < -0.39 is 0 Å². The summed E-state index contributed by atoms with van der Waals surface area (Å²) in [5.74, 6) is 0.786. The molecule has 0 aromatic heterocycles. The highest BCUT2D eigenvalue weighted by Crippen LogP contribution is 1.95. The molecule has 0 heterocycles. The van der Waals surface area contributed by atoms with Crippen molar-refractivity contribution < 1.29 is 0 Å². The number of halogens is 1. The molecule has 0 unspecified atom stereocenters. The lowest BCUT2D eigenvalue weighted by Crippen LogP contribution is -2.24. The van der Waals surface area contributed by atoms with Crippen LogP contribution >= 0.6 is 15.9 Å². The third-order valence-electron chi connectivity index (χ3n) is 1.14. The first-order valence-corrected chi connectivity index (χ1v) is 4.53. The zero-order valence-corrected chi connectivity index (χ0v) is 8.11. The fourth-order valence-corrected chi connectivity index (χ4v) is 1.46. The van der Waals surface area contributed by atoms with Gasteiger partial charge in [0.15, 0.2) is 0 Å². The summed E-state index contributed by atoms with van der Waals surface area (Å²) < 4.78 is 0. The molecule has 0 amide bonds. The topological polar surface area (TPSA) is 3.24 Å². The Bertz CT molecular complexity index is 63.9. The summed E-state index contributed by atoms with van der Waals surface area (Å²) >= 11 is 3.40. The van der Waals surface area contributed by atoms with Crippen molar-refractivity contribution in [2.75, 3.05) is 25.5 Å². The van der Waals surface area contributed by atoms with Crippen LogP contribution in [0.4, 0.5) is 0 Å². The highest BCUT2D eigenvalue weighted by molar-refractivity contribution is 9.09. The summed E-state index contributed by atoms with van der Waals surface area (Å²) in [5, 5.41) is 1.08. The van der Waals surface area contributed by atoms with Crippen molar-refractivity contribution in [2.24, 2.45) is 5.92 Å². The Morgan fingerprint density at radius 1 is 1.44 bits per heavy atom. The van der Waals surface area contributed by atoms with E-state index in [0.29, 0.717) is 0 Å². The fourth-order valence-electron chi connectivity index (χ4n) is 0.859. The van der Waals surface area contributed by atoms with Crippen LogP contribution in [0.15, 0.2) is 0 Å². The van der Waals surface area contributed by atoms with Crippen LogP contribution in [0.1, 0.15) is 13.8 Å². The van der Waals surface area contributed by atoms with E-state index in [2.05, 4.69) is 41.7 Å². The first-order chi connectivity index (χ1) is 4.16. The van der Waals surface area contributed by atoms with E-state index in [-0.39, 0.29) is 0 Å². The minimum absolute atomic E-state index is 0.786. The Balaban J connectivity index is 3.15. The molecule has 2 heteroatoms. The number of alkyl halides is 1. The maximum absolute atomic E-state index is 3.40. The molecular weight excluding hydrogens is 178 g/mol. The van der Waals surface area contributed by atoms with Gasteiger partial charge in [-0.3, -0.25) is 0 Å². The minimum atomic E-state index is 0.786. The standard InChI is InChI=1S/C7H16BrN/c1-7(2)6-9(3)5-4-8/h7H,4-6H2,1-3H3. The van der Waals surface area contributed by atoms with Gasteiger partial charge in [-0.25, -0.2) is 0 Å². The van der Waals surface area contributed by atoms with Gasteiger partial charge >= 0.3 is 0 Å². The maximum Gasteiger partial charge on any atom is 0.0159 e. The second kappa shape index (κ2) is 5.24. The molecule has 0 aromatic rings. The molecule has 0 saturated carbocycles. The number of hydrogen-bond donors (Lipinski definition) is 0. The quantitative estimate of drug-likeness (QED) is 0.618. The van der Waals surface area contributed by atoms with Crippen LogP contribution in [0.25, 0.3) is 0 Å². The Hall–Kier alpha value is 0.440. The van der Waals surface area contributed by atoms with Gasteiger partial charge in [-0.2, -0.15) is 0 Å². The second-order valence-corrected chi connectivity index (χ2v) is 3.64. The highest BCUT2D eigenvalue weighted by atomic mass is 79.9. The monoisotopic (exact) mass is 193 g/mol. The lowest BCUT2D eigenvalue weighted by atomic mass is 10.2. The fraction of sp³-hybridized carbons (Fsp3) is 1.00. The van der Waals surface area contributed by atoms with Gasteiger partial charge in [0, 0.05) is 18.4 Å². The first-order valence-electron chi connectivity index (χ1n) is 3.41. The molecule has 0 atom stereocenters. The Morgan fingerprint density at radius 2 is 2.00 bits per heavy atom. The van der Waals surface area contributed by atoms with E-state index in [1.54, 1.807) is 0 Å². The lowest BCUT2D eigenvalue weighted by Gasteiger charge is -2.16. The van der Waals surface area contributed by atoms with Crippen molar-refractivity contribution in [3.63, 3.8) is 0 Å². The summed E-state index contributed by atoms with van der Waals surface area (Å²) in [4.78, 5) is 2.33. The summed E-state index contributed by atoms with van der Waals surface area (Å²) in [5.41, 5.74) is 0. The molecule has 0 aliphatic rings. The maximum atomic E-state index is 3.40. The molecule has 0 radical (unpaired) electrons. The van der Waals surface area contributed by atoms with E-state index >= 15 is 0 Å². The molecule has 56 valence electrons. The van der Waals surface area contributed by atoms with Crippen LogP contribution < -0.4 is 0 Å². The van der Waals surface area contributed by atoms with Crippen molar-refractivity contribution in [1.82, 2.24) is 4.90 Å². The van der Waals surface area contributed by atoms with E-state index in [0.717, 1.165) is 17.8 Å². The van der Waals surface area contributed by atoms with Crippen LogP contribution in [0.5, 0.6) is 0 Å². The molecule has 0 spiro atoms. The second-order valence-electron chi connectivity index (χ2n) is 2.85. The van der Waals surface area contributed by atoms with E-state index in [1.165, 1.54) is 6.54 Å². The highest BCUT2D eigenvalue weighted by Gasteiger charge is 1.98. The normalized spacial score (nSPS) is 11.3. The number of nitrogens with zero attached hydrogens (tertiary/aromatic N) is 1. The molecule has 0 aliphatic heterocycles. The molecule has 0 bridgehead atoms. The van der Waals surface area contributed by atoms with Crippen molar-refractivity contribution in [3.8, 4) is 0 Å². The Morgan fingerprint density at radius 3 is 2.33 bits per heavy atom. The lowest BCUT2D eigenvalue weighted by molar-refractivity contribution is 0.313. The third-order valence-corrected chi connectivity index (χ3v) is 1.50. The molecule has 9 heavy (non-hydrogen) atoms. The van der Waals surface area contributed by atoms with E-state index in [1.807, 2.05) is 0 Å². The van der Waals surface area contributed by atoms with E-state index in [9.17, 15) is 0 Å². The summed E-state index contributed by atoms with van der Waals surface area (Å²) in [6, 6.07) is 0. The van der Waals surface area contributed by atoms with Crippen LogP contribution in [0, 0.1) is 5.92 Å². The Kier molecular flexibility index (Phi) is 5.50. The van der Waals surface area contributed by atoms with Crippen LogP contribution in [0.2, 0.25) is 0 Å². The van der Waals surface area contributed by atoms with Crippen molar-refractivity contribution in [2.45, 2.75) is 13.8 Å². The molecule has 0 aliphatic carbocycles. The van der Waals surface area contributed by atoms with Crippen molar-refractivity contribution in [3.05, 3.63) is 0 Å². The predicted molar refractivity (Wildman–Crippen MR) is 46.1 cm³/mol. The van der Waals surface area contributed by atoms with Crippen LogP contribution in [-0.4, -0.2) is 30.4 Å². The number of hydrogen-bond acceptors (Lipinski definition) is 1. The predicted octanol–water partition coefficient (Wildman–Crippen LogP) is 1.97. The molecule has 1 nitrogen and oxygen atoms in total. The van der Waals surface area contributed by atoms with Gasteiger partial charge < -0.3 is 4.90 Å². The van der Waals surface area contributed by atoms with Gasteiger partial charge in [-0.1, -0.05) is 29.8 Å². The average Bonchev–Trinajstić information content (AvgIpc) is 1.63. The molecule has 0 aromatic carbocycles. The zero-order chi connectivity index (χ0) is 7.28. The number of rotatable bonds is 4. The van der Waals surface area contributed by atoms with Gasteiger partial charge in [0.05, 0.1) is 0 Å². The smallest absolute Gasteiger partial charge is 0.0159 e. The molecule has 0 N–H and O–H groups in total. The van der Waals surface area contributed by atoms with Crippen LogP contribution in [-0.2, 0) is 0 Å². The first kappa shape index (κ1) is 9.44. The van der Waals surface area contributed by atoms with Gasteiger partial charge in [0.2, 0.25) is 0 Å². The SMILES string of the molecule is CC(C)CN(C)CCBr. The van der Waals surface area contributed by atoms with Gasteiger partial charge in [-0.15, -0.1) is 0 Å². The van der Waals surface area contributed by atoms with Crippen molar-refractivity contribution in [1.29, 1.82) is 0 Å². The molecule has 0 fully saturated rings. The third kappa shape index (κ3) is 6.32.